The lowest BCUT2D eigenvalue weighted by atomic mass is 9.98. The SMILES string of the molecule is CC(NC(=O)[C@H]1CCCNC1)c1ccc(Cl)cc1Cl. The maximum Gasteiger partial charge on any atom is 0.224 e. The van der Waals surface area contributed by atoms with Gasteiger partial charge in [0.25, 0.3) is 0 Å². The Kier molecular flexibility index (Phi) is 5.08. The third-order valence-corrected chi connectivity index (χ3v) is 4.02. The maximum atomic E-state index is 12.1. The van der Waals surface area contributed by atoms with Crippen LogP contribution in [0.3, 0.4) is 0 Å². The summed E-state index contributed by atoms with van der Waals surface area (Å²) in [5.41, 5.74) is 0.892. The number of benzene rings is 1. The van der Waals surface area contributed by atoms with Crippen LogP contribution in [-0.4, -0.2) is 19.0 Å². The van der Waals surface area contributed by atoms with Gasteiger partial charge >= 0.3 is 0 Å². The normalized spacial score (nSPS) is 20.9. The first kappa shape index (κ1) is 14.6. The van der Waals surface area contributed by atoms with Crippen LogP contribution < -0.4 is 10.6 Å². The zero-order valence-corrected chi connectivity index (χ0v) is 12.4. The van der Waals surface area contributed by atoms with E-state index in [1.807, 2.05) is 13.0 Å². The van der Waals surface area contributed by atoms with Crippen molar-refractivity contribution < 1.29 is 4.79 Å². The molecule has 0 spiro atoms. The summed E-state index contributed by atoms with van der Waals surface area (Å²) in [6.45, 7) is 3.69. The summed E-state index contributed by atoms with van der Waals surface area (Å²) in [7, 11) is 0. The Bertz CT molecular complexity index is 459. The van der Waals surface area contributed by atoms with Gasteiger partial charge in [0.1, 0.15) is 0 Å². The predicted molar refractivity (Wildman–Crippen MR) is 78.6 cm³/mol. The first-order valence-corrected chi connectivity index (χ1v) is 7.29. The average molecular weight is 301 g/mol. The zero-order chi connectivity index (χ0) is 13.8. The molecule has 1 unspecified atom stereocenters. The highest BCUT2D eigenvalue weighted by atomic mass is 35.5. The molecular weight excluding hydrogens is 283 g/mol. The molecule has 1 aromatic rings. The molecule has 1 amide bonds. The average Bonchev–Trinajstić information content (AvgIpc) is 2.39. The van der Waals surface area contributed by atoms with E-state index in [0.29, 0.717) is 10.0 Å². The molecule has 1 aliphatic rings. The molecule has 0 saturated carbocycles. The van der Waals surface area contributed by atoms with Crippen LogP contribution >= 0.6 is 23.2 Å². The van der Waals surface area contributed by atoms with E-state index in [1.54, 1.807) is 12.1 Å². The van der Waals surface area contributed by atoms with Gasteiger partial charge in [-0.2, -0.15) is 0 Å². The highest BCUT2D eigenvalue weighted by molar-refractivity contribution is 6.35. The fourth-order valence-corrected chi connectivity index (χ4v) is 2.91. The minimum Gasteiger partial charge on any atom is -0.349 e. The molecule has 1 saturated heterocycles. The lowest BCUT2D eigenvalue weighted by molar-refractivity contribution is -0.126. The number of carbonyl (C=O) groups is 1. The van der Waals surface area contributed by atoms with Crippen LogP contribution in [0.2, 0.25) is 10.0 Å². The van der Waals surface area contributed by atoms with E-state index >= 15 is 0 Å². The van der Waals surface area contributed by atoms with Crippen LogP contribution in [0.5, 0.6) is 0 Å². The predicted octanol–water partition coefficient (Wildman–Crippen LogP) is 3.17. The lowest BCUT2D eigenvalue weighted by Gasteiger charge is -2.24. The van der Waals surface area contributed by atoms with E-state index in [2.05, 4.69) is 10.6 Å². The fourth-order valence-electron chi connectivity index (χ4n) is 2.34. The van der Waals surface area contributed by atoms with Gasteiger partial charge in [-0.3, -0.25) is 4.79 Å². The Hall–Kier alpha value is -0.770. The van der Waals surface area contributed by atoms with Crippen molar-refractivity contribution in [3.63, 3.8) is 0 Å². The van der Waals surface area contributed by atoms with Crippen molar-refractivity contribution in [1.29, 1.82) is 0 Å². The Morgan fingerprint density at radius 2 is 2.26 bits per heavy atom. The molecule has 0 radical (unpaired) electrons. The van der Waals surface area contributed by atoms with Crippen molar-refractivity contribution >= 4 is 29.1 Å². The molecular formula is C14H18Cl2N2O. The zero-order valence-electron chi connectivity index (χ0n) is 10.9. The minimum atomic E-state index is -0.112. The number of nitrogens with one attached hydrogen (secondary N) is 2. The van der Waals surface area contributed by atoms with Gasteiger partial charge in [-0.05, 0) is 44.0 Å². The molecule has 3 nitrogen and oxygen atoms in total. The number of piperidine rings is 1. The van der Waals surface area contributed by atoms with Gasteiger partial charge in [0.05, 0.1) is 12.0 Å². The highest BCUT2D eigenvalue weighted by Gasteiger charge is 2.22. The van der Waals surface area contributed by atoms with Gasteiger partial charge in [0.15, 0.2) is 0 Å². The third-order valence-electron chi connectivity index (χ3n) is 3.46. The largest absolute Gasteiger partial charge is 0.349 e. The molecule has 0 aliphatic carbocycles. The molecule has 0 aromatic heterocycles. The molecule has 2 N–H and O–H groups in total. The van der Waals surface area contributed by atoms with Crippen LogP contribution in [0.4, 0.5) is 0 Å². The van der Waals surface area contributed by atoms with Crippen LogP contribution in [0, 0.1) is 5.92 Å². The van der Waals surface area contributed by atoms with E-state index in [1.165, 1.54) is 0 Å². The highest BCUT2D eigenvalue weighted by Crippen LogP contribution is 2.26. The number of carbonyl (C=O) groups excluding carboxylic acids is 1. The summed E-state index contributed by atoms with van der Waals surface area (Å²) in [4.78, 5) is 12.1. The second-order valence-electron chi connectivity index (χ2n) is 4.94. The Morgan fingerprint density at radius 1 is 1.47 bits per heavy atom. The van der Waals surface area contributed by atoms with Crippen molar-refractivity contribution in [2.45, 2.75) is 25.8 Å². The smallest absolute Gasteiger partial charge is 0.224 e. The second kappa shape index (κ2) is 6.60. The van der Waals surface area contributed by atoms with E-state index in [4.69, 9.17) is 23.2 Å². The van der Waals surface area contributed by atoms with Gasteiger partial charge in [-0.25, -0.2) is 0 Å². The van der Waals surface area contributed by atoms with Crippen molar-refractivity contribution in [1.82, 2.24) is 10.6 Å². The Labute approximate surface area is 123 Å². The Balaban J connectivity index is 1.99. The molecule has 0 bridgehead atoms. The molecule has 2 rings (SSSR count). The number of amides is 1. The molecule has 1 aliphatic heterocycles. The minimum absolute atomic E-state index is 0.0577. The van der Waals surface area contributed by atoms with Gasteiger partial charge < -0.3 is 10.6 Å². The summed E-state index contributed by atoms with van der Waals surface area (Å²) in [5, 5.41) is 7.45. The first-order chi connectivity index (χ1) is 9.08. The monoisotopic (exact) mass is 300 g/mol. The number of halogens is 2. The molecule has 1 fully saturated rings. The number of rotatable bonds is 3. The van der Waals surface area contributed by atoms with Gasteiger partial charge in [0.2, 0.25) is 5.91 Å². The summed E-state index contributed by atoms with van der Waals surface area (Å²) in [5.74, 6) is 0.146. The summed E-state index contributed by atoms with van der Waals surface area (Å²) in [6, 6.07) is 5.23. The van der Waals surface area contributed by atoms with Crippen LogP contribution in [-0.2, 0) is 4.79 Å². The quantitative estimate of drug-likeness (QED) is 0.900. The van der Waals surface area contributed by atoms with E-state index in [-0.39, 0.29) is 17.9 Å². The molecule has 19 heavy (non-hydrogen) atoms. The molecule has 2 atom stereocenters. The molecule has 1 heterocycles. The summed E-state index contributed by atoms with van der Waals surface area (Å²) in [6.07, 6.45) is 1.99. The van der Waals surface area contributed by atoms with Crippen LogP contribution in [0.15, 0.2) is 18.2 Å². The number of hydrogen-bond acceptors (Lipinski definition) is 2. The third kappa shape index (κ3) is 3.85. The van der Waals surface area contributed by atoms with Gasteiger partial charge in [-0.15, -0.1) is 0 Å². The lowest BCUT2D eigenvalue weighted by Crippen LogP contribution is -2.41. The number of hydrogen-bond donors (Lipinski definition) is 2. The van der Waals surface area contributed by atoms with Crippen molar-refractivity contribution in [3.8, 4) is 0 Å². The summed E-state index contributed by atoms with van der Waals surface area (Å²) >= 11 is 12.0. The van der Waals surface area contributed by atoms with Crippen molar-refractivity contribution in [2.24, 2.45) is 5.92 Å². The van der Waals surface area contributed by atoms with Crippen molar-refractivity contribution in [3.05, 3.63) is 33.8 Å². The molecule has 5 heteroatoms. The van der Waals surface area contributed by atoms with Crippen molar-refractivity contribution in [2.75, 3.05) is 13.1 Å². The Morgan fingerprint density at radius 3 is 2.89 bits per heavy atom. The maximum absolute atomic E-state index is 12.1. The topological polar surface area (TPSA) is 41.1 Å². The van der Waals surface area contributed by atoms with Gasteiger partial charge in [-0.1, -0.05) is 29.3 Å². The fraction of sp³-hybridized carbons (Fsp3) is 0.500. The van der Waals surface area contributed by atoms with Gasteiger partial charge in [0, 0.05) is 16.6 Å². The van der Waals surface area contributed by atoms with Crippen LogP contribution in [0.1, 0.15) is 31.4 Å². The van der Waals surface area contributed by atoms with E-state index in [0.717, 1.165) is 31.5 Å². The van der Waals surface area contributed by atoms with E-state index in [9.17, 15) is 4.79 Å². The molecule has 1 aromatic carbocycles. The standard InChI is InChI=1S/C14H18Cl2N2O/c1-9(12-5-4-11(15)7-13(12)16)18-14(19)10-3-2-6-17-8-10/h4-5,7,9-10,17H,2-3,6,8H2,1H3,(H,18,19)/t9?,10-/m0/s1. The first-order valence-electron chi connectivity index (χ1n) is 6.54. The van der Waals surface area contributed by atoms with Crippen LogP contribution in [0.25, 0.3) is 0 Å². The van der Waals surface area contributed by atoms with E-state index < -0.39 is 0 Å². The molecule has 104 valence electrons. The second-order valence-corrected chi connectivity index (χ2v) is 5.78. The summed E-state index contributed by atoms with van der Waals surface area (Å²) < 4.78 is 0.